The highest BCUT2D eigenvalue weighted by molar-refractivity contribution is 7.98. The summed E-state index contributed by atoms with van der Waals surface area (Å²) in [5.74, 6) is 0.852. The van der Waals surface area contributed by atoms with Gasteiger partial charge in [-0.05, 0) is 42.7 Å². The quantitative estimate of drug-likeness (QED) is 0.848. The summed E-state index contributed by atoms with van der Waals surface area (Å²) in [4.78, 5) is 23.1. The molecule has 0 bridgehead atoms. The Balaban J connectivity index is 1.87. The summed E-state index contributed by atoms with van der Waals surface area (Å²) in [5, 5.41) is 11.9. The number of nitrogens with one attached hydrogen (secondary N) is 1. The van der Waals surface area contributed by atoms with Crippen molar-refractivity contribution in [3.8, 4) is 0 Å². The number of carbonyl (C=O) groups excluding carboxylic acids is 1. The molecule has 1 aliphatic carbocycles. The molecule has 2 atom stereocenters. The predicted octanol–water partition coefficient (Wildman–Crippen LogP) is 2.92. The summed E-state index contributed by atoms with van der Waals surface area (Å²) in [7, 11) is 0. The highest BCUT2D eigenvalue weighted by atomic mass is 32.2. The average Bonchev–Trinajstić information content (AvgIpc) is 2.94. The van der Waals surface area contributed by atoms with E-state index in [-0.39, 0.29) is 17.9 Å². The van der Waals surface area contributed by atoms with Crippen molar-refractivity contribution < 1.29 is 14.7 Å². The van der Waals surface area contributed by atoms with Crippen molar-refractivity contribution in [1.82, 2.24) is 5.32 Å². The number of rotatable bonds is 6. The number of thioether (sulfide) groups is 1. The predicted molar refractivity (Wildman–Crippen MR) is 84.5 cm³/mol. The maximum atomic E-state index is 12.1. The van der Waals surface area contributed by atoms with E-state index in [4.69, 9.17) is 5.11 Å². The van der Waals surface area contributed by atoms with E-state index in [9.17, 15) is 9.59 Å². The third-order valence-corrected chi connectivity index (χ3v) is 4.75. The van der Waals surface area contributed by atoms with Crippen LogP contribution in [-0.4, -0.2) is 28.8 Å². The molecule has 0 radical (unpaired) electrons. The molecule has 0 heterocycles. The number of carbonyl (C=O) groups is 2. The number of aliphatic carboxylic acids is 1. The summed E-state index contributed by atoms with van der Waals surface area (Å²) in [6.07, 6.45) is 1.92. The molecule has 1 aliphatic rings. The molecule has 1 fully saturated rings. The minimum absolute atomic E-state index is 0.0195. The zero-order valence-corrected chi connectivity index (χ0v) is 13.0. The molecule has 2 N–H and O–H groups in total. The van der Waals surface area contributed by atoms with Crippen LogP contribution in [-0.2, 0) is 10.5 Å². The van der Waals surface area contributed by atoms with Crippen molar-refractivity contribution in [2.45, 2.75) is 38.0 Å². The minimum atomic E-state index is -0.760. The molecule has 4 nitrogen and oxygen atoms in total. The monoisotopic (exact) mass is 307 g/mol. The lowest BCUT2D eigenvalue weighted by Crippen LogP contribution is -2.33. The van der Waals surface area contributed by atoms with Crippen LogP contribution >= 0.6 is 11.8 Å². The summed E-state index contributed by atoms with van der Waals surface area (Å²) >= 11 is 1.85. The summed E-state index contributed by atoms with van der Waals surface area (Å²) in [6.45, 7) is 2.12. The molecule has 0 unspecified atom stereocenters. The standard InChI is InChI=1S/C16H21NO3S/c1-2-21-10-11-3-5-12(6-4-11)15(18)17-14-8-7-13(9-14)16(19)20/h3-6,13-14H,2,7-10H2,1H3,(H,17,18)(H,19,20)/t13-,14+/m1/s1. The van der Waals surface area contributed by atoms with Crippen LogP contribution in [0.5, 0.6) is 0 Å². The molecule has 1 aromatic rings. The van der Waals surface area contributed by atoms with Crippen molar-refractivity contribution in [2.75, 3.05) is 5.75 Å². The van der Waals surface area contributed by atoms with Crippen molar-refractivity contribution in [3.63, 3.8) is 0 Å². The number of benzene rings is 1. The first-order valence-electron chi connectivity index (χ1n) is 7.30. The number of hydrogen-bond acceptors (Lipinski definition) is 3. The van der Waals surface area contributed by atoms with E-state index in [1.54, 1.807) is 0 Å². The van der Waals surface area contributed by atoms with Crippen LogP contribution in [0.4, 0.5) is 0 Å². The van der Waals surface area contributed by atoms with Gasteiger partial charge >= 0.3 is 5.97 Å². The molecule has 2 rings (SSSR count). The van der Waals surface area contributed by atoms with E-state index >= 15 is 0 Å². The summed E-state index contributed by atoms with van der Waals surface area (Å²) < 4.78 is 0. The topological polar surface area (TPSA) is 66.4 Å². The Kier molecular flexibility index (Phi) is 5.67. The van der Waals surface area contributed by atoms with Crippen molar-refractivity contribution in [3.05, 3.63) is 35.4 Å². The van der Waals surface area contributed by atoms with Gasteiger partial charge in [0.25, 0.3) is 5.91 Å². The van der Waals surface area contributed by atoms with Crippen LogP contribution in [0.1, 0.15) is 42.1 Å². The molecule has 0 spiro atoms. The van der Waals surface area contributed by atoms with Crippen LogP contribution in [0.3, 0.4) is 0 Å². The smallest absolute Gasteiger partial charge is 0.306 e. The van der Waals surface area contributed by atoms with E-state index < -0.39 is 5.97 Å². The van der Waals surface area contributed by atoms with Crippen LogP contribution < -0.4 is 5.32 Å². The fourth-order valence-electron chi connectivity index (χ4n) is 2.58. The molecular weight excluding hydrogens is 286 g/mol. The van der Waals surface area contributed by atoms with E-state index in [1.165, 1.54) is 5.56 Å². The molecule has 1 aromatic carbocycles. The Morgan fingerprint density at radius 2 is 2.00 bits per heavy atom. The van der Waals surface area contributed by atoms with Crippen molar-refractivity contribution in [2.24, 2.45) is 5.92 Å². The lowest BCUT2D eigenvalue weighted by molar-refractivity contribution is -0.141. The molecule has 114 valence electrons. The molecule has 5 heteroatoms. The second-order valence-corrected chi connectivity index (χ2v) is 6.63. The number of carboxylic acid groups (broad SMARTS) is 1. The maximum Gasteiger partial charge on any atom is 0.306 e. The second kappa shape index (κ2) is 7.50. The Hall–Kier alpha value is -1.49. The molecule has 21 heavy (non-hydrogen) atoms. The van der Waals surface area contributed by atoms with Crippen LogP contribution in [0.25, 0.3) is 0 Å². The zero-order chi connectivity index (χ0) is 15.2. The first kappa shape index (κ1) is 15.9. The highest BCUT2D eigenvalue weighted by Crippen LogP contribution is 2.26. The van der Waals surface area contributed by atoms with Gasteiger partial charge in [-0.3, -0.25) is 9.59 Å². The van der Waals surface area contributed by atoms with Crippen LogP contribution in [0.2, 0.25) is 0 Å². The average molecular weight is 307 g/mol. The summed E-state index contributed by atoms with van der Waals surface area (Å²) in [5.41, 5.74) is 1.85. The molecule has 1 saturated carbocycles. The third kappa shape index (κ3) is 4.49. The first-order valence-corrected chi connectivity index (χ1v) is 8.46. The van der Waals surface area contributed by atoms with Gasteiger partial charge in [-0.15, -0.1) is 0 Å². The Labute approximate surface area is 129 Å². The van der Waals surface area contributed by atoms with Gasteiger partial charge in [-0.25, -0.2) is 0 Å². The van der Waals surface area contributed by atoms with E-state index in [2.05, 4.69) is 12.2 Å². The Bertz CT molecular complexity index is 501. The molecule has 0 aliphatic heterocycles. The fraction of sp³-hybridized carbons (Fsp3) is 0.500. The second-order valence-electron chi connectivity index (χ2n) is 5.35. The number of hydrogen-bond donors (Lipinski definition) is 2. The first-order chi connectivity index (χ1) is 10.1. The van der Waals surface area contributed by atoms with Gasteiger partial charge < -0.3 is 10.4 Å². The van der Waals surface area contributed by atoms with Gasteiger partial charge in [0.15, 0.2) is 0 Å². The zero-order valence-electron chi connectivity index (χ0n) is 12.2. The normalized spacial score (nSPS) is 21.2. The molecule has 0 saturated heterocycles. The van der Waals surface area contributed by atoms with Crippen LogP contribution in [0, 0.1) is 5.92 Å². The number of carboxylic acids is 1. The summed E-state index contributed by atoms with van der Waals surface area (Å²) in [6, 6.07) is 7.61. The highest BCUT2D eigenvalue weighted by Gasteiger charge is 2.30. The van der Waals surface area contributed by atoms with E-state index in [0.29, 0.717) is 18.4 Å². The molecule has 1 amide bonds. The van der Waals surface area contributed by atoms with Crippen molar-refractivity contribution in [1.29, 1.82) is 0 Å². The van der Waals surface area contributed by atoms with E-state index in [0.717, 1.165) is 17.9 Å². The largest absolute Gasteiger partial charge is 0.481 e. The maximum absolute atomic E-state index is 12.1. The van der Waals surface area contributed by atoms with Gasteiger partial charge in [0.2, 0.25) is 0 Å². The Morgan fingerprint density at radius 1 is 1.29 bits per heavy atom. The lowest BCUT2D eigenvalue weighted by Gasteiger charge is -2.12. The minimum Gasteiger partial charge on any atom is -0.481 e. The van der Waals surface area contributed by atoms with Gasteiger partial charge in [0, 0.05) is 17.4 Å². The third-order valence-electron chi connectivity index (χ3n) is 3.81. The fourth-order valence-corrected chi connectivity index (χ4v) is 3.21. The number of amides is 1. The Morgan fingerprint density at radius 3 is 2.57 bits per heavy atom. The van der Waals surface area contributed by atoms with Gasteiger partial charge in [0.1, 0.15) is 0 Å². The van der Waals surface area contributed by atoms with Gasteiger partial charge in [-0.1, -0.05) is 19.1 Å². The lowest BCUT2D eigenvalue weighted by atomic mass is 10.1. The molecule has 0 aromatic heterocycles. The van der Waals surface area contributed by atoms with Gasteiger partial charge in [-0.2, -0.15) is 11.8 Å². The SMILES string of the molecule is CCSCc1ccc(C(=O)N[C@H]2CC[C@@H](C(=O)O)C2)cc1. The van der Waals surface area contributed by atoms with E-state index in [1.807, 2.05) is 36.0 Å². The van der Waals surface area contributed by atoms with Gasteiger partial charge in [0.05, 0.1) is 5.92 Å². The van der Waals surface area contributed by atoms with Crippen molar-refractivity contribution >= 4 is 23.6 Å². The van der Waals surface area contributed by atoms with Crippen LogP contribution in [0.15, 0.2) is 24.3 Å². The molecular formula is C16H21NO3S.